The summed E-state index contributed by atoms with van der Waals surface area (Å²) in [7, 11) is 1.84. The molecule has 0 heterocycles. The van der Waals surface area contributed by atoms with E-state index in [1.807, 2.05) is 37.4 Å². The highest BCUT2D eigenvalue weighted by Crippen LogP contribution is 2.37. The van der Waals surface area contributed by atoms with E-state index in [9.17, 15) is 9.59 Å². The molecule has 184 valence electrons. The third-order valence-electron chi connectivity index (χ3n) is 6.02. The van der Waals surface area contributed by atoms with E-state index < -0.39 is 11.5 Å². The van der Waals surface area contributed by atoms with E-state index in [0.29, 0.717) is 38.4 Å². The molecule has 3 aromatic carbocycles. The standard InChI is InChI=1S/C14H11Cl2NO2.C13H16ClNO/c15-10-5-3-6-11(16)14(10)17-12-7-2-1-4-9(12)8-13(18)19;1-15-13(9-5-4-8-12(13)16)10-6-2-3-7-11(10)14/h1-7,17H,8H2,(H,18,19);2-3,6-7,15H,4-5,8-9H2,1H3. The minimum absolute atomic E-state index is 0.0642. The van der Waals surface area contributed by atoms with E-state index in [0.717, 1.165) is 24.8 Å². The van der Waals surface area contributed by atoms with Crippen molar-refractivity contribution in [1.29, 1.82) is 0 Å². The summed E-state index contributed by atoms with van der Waals surface area (Å²) >= 11 is 18.3. The maximum Gasteiger partial charge on any atom is 0.307 e. The van der Waals surface area contributed by atoms with Crippen molar-refractivity contribution in [3.63, 3.8) is 0 Å². The molecule has 35 heavy (non-hydrogen) atoms. The minimum Gasteiger partial charge on any atom is -0.481 e. The fraction of sp³-hybridized carbons (Fsp3) is 0.259. The highest BCUT2D eigenvalue weighted by molar-refractivity contribution is 6.39. The number of Topliss-reactive ketones (excluding diaryl/α,β-unsaturated/α-hetero) is 1. The van der Waals surface area contributed by atoms with E-state index in [1.54, 1.807) is 36.4 Å². The molecule has 3 N–H and O–H groups in total. The molecule has 8 heteroatoms. The van der Waals surface area contributed by atoms with Crippen molar-refractivity contribution in [2.75, 3.05) is 12.4 Å². The highest BCUT2D eigenvalue weighted by atomic mass is 35.5. The van der Waals surface area contributed by atoms with Gasteiger partial charge in [-0.05, 0) is 55.3 Å². The quantitative estimate of drug-likeness (QED) is 0.311. The molecule has 1 atom stereocenters. The van der Waals surface area contributed by atoms with E-state index in [2.05, 4.69) is 10.6 Å². The van der Waals surface area contributed by atoms with Gasteiger partial charge in [0.25, 0.3) is 0 Å². The Morgan fingerprint density at radius 1 is 0.914 bits per heavy atom. The summed E-state index contributed by atoms with van der Waals surface area (Å²) < 4.78 is 0. The largest absolute Gasteiger partial charge is 0.481 e. The van der Waals surface area contributed by atoms with Crippen LogP contribution in [0, 0.1) is 0 Å². The molecule has 4 rings (SSSR count). The first-order chi connectivity index (χ1) is 16.8. The third kappa shape index (κ3) is 6.56. The zero-order chi connectivity index (χ0) is 25.4. The predicted molar refractivity (Wildman–Crippen MR) is 143 cm³/mol. The topological polar surface area (TPSA) is 78.4 Å². The van der Waals surface area contributed by atoms with Crippen molar-refractivity contribution < 1.29 is 14.7 Å². The molecule has 0 amide bonds. The molecule has 1 unspecified atom stereocenters. The van der Waals surface area contributed by atoms with Gasteiger partial charge in [-0.2, -0.15) is 0 Å². The third-order valence-corrected chi connectivity index (χ3v) is 6.98. The highest BCUT2D eigenvalue weighted by Gasteiger charge is 2.41. The molecule has 1 aliphatic carbocycles. The predicted octanol–water partition coefficient (Wildman–Crippen LogP) is 7.26. The van der Waals surface area contributed by atoms with Gasteiger partial charge in [0, 0.05) is 17.1 Å². The van der Waals surface area contributed by atoms with Gasteiger partial charge in [-0.3, -0.25) is 9.59 Å². The van der Waals surface area contributed by atoms with Crippen molar-refractivity contribution in [1.82, 2.24) is 5.32 Å². The molecule has 1 aliphatic rings. The van der Waals surface area contributed by atoms with Gasteiger partial charge in [0.2, 0.25) is 0 Å². The number of halogens is 3. The molecule has 1 fully saturated rings. The zero-order valence-electron chi connectivity index (χ0n) is 19.3. The van der Waals surface area contributed by atoms with E-state index in [4.69, 9.17) is 39.9 Å². The molecular weight excluding hydrogens is 507 g/mol. The second kappa shape index (κ2) is 12.4. The number of ketones is 1. The van der Waals surface area contributed by atoms with Crippen molar-refractivity contribution in [3.05, 3.63) is 92.9 Å². The lowest BCUT2D eigenvalue weighted by molar-refractivity contribution is -0.136. The van der Waals surface area contributed by atoms with E-state index in [-0.39, 0.29) is 12.2 Å². The van der Waals surface area contributed by atoms with Crippen LogP contribution in [0.1, 0.15) is 36.8 Å². The maximum atomic E-state index is 12.2. The summed E-state index contributed by atoms with van der Waals surface area (Å²) in [5, 5.41) is 16.8. The van der Waals surface area contributed by atoms with Gasteiger partial charge in [0.1, 0.15) is 5.54 Å². The number of carboxylic acids is 1. The minimum atomic E-state index is -0.889. The summed E-state index contributed by atoms with van der Waals surface area (Å²) in [6.07, 6.45) is 3.48. The first kappa shape index (κ1) is 27.0. The van der Waals surface area contributed by atoms with Crippen molar-refractivity contribution >= 4 is 57.9 Å². The van der Waals surface area contributed by atoms with Gasteiger partial charge < -0.3 is 15.7 Å². The monoisotopic (exact) mass is 532 g/mol. The average Bonchev–Trinajstić information content (AvgIpc) is 2.84. The van der Waals surface area contributed by atoms with Gasteiger partial charge in [-0.15, -0.1) is 0 Å². The smallest absolute Gasteiger partial charge is 0.307 e. The van der Waals surface area contributed by atoms with Crippen molar-refractivity contribution in [3.8, 4) is 0 Å². The van der Waals surface area contributed by atoms with Crippen LogP contribution in [-0.2, 0) is 21.5 Å². The lowest BCUT2D eigenvalue weighted by Gasteiger charge is -2.36. The lowest BCUT2D eigenvalue weighted by atomic mass is 9.75. The maximum absolute atomic E-state index is 12.2. The summed E-state index contributed by atoms with van der Waals surface area (Å²) in [6.45, 7) is 0. The molecule has 0 bridgehead atoms. The molecule has 1 saturated carbocycles. The fourth-order valence-electron chi connectivity index (χ4n) is 4.23. The van der Waals surface area contributed by atoms with Crippen molar-refractivity contribution in [2.45, 2.75) is 37.6 Å². The number of likely N-dealkylation sites (N-methyl/N-ethyl adjacent to an activating group) is 1. The number of carbonyl (C=O) groups excluding carboxylic acids is 1. The van der Waals surface area contributed by atoms with Crippen LogP contribution in [0.15, 0.2) is 66.7 Å². The Bertz CT molecular complexity index is 1180. The molecule has 5 nitrogen and oxygen atoms in total. The normalized spacial score (nSPS) is 17.3. The SMILES string of the molecule is CNC1(c2ccccc2Cl)CCCCC1=O.O=C(O)Cc1ccccc1Nc1c(Cl)cccc1Cl. The summed E-state index contributed by atoms with van der Waals surface area (Å²) in [4.78, 5) is 23.0. The van der Waals surface area contributed by atoms with Gasteiger partial charge >= 0.3 is 5.97 Å². The summed E-state index contributed by atoms with van der Waals surface area (Å²) in [6, 6.07) is 19.9. The number of benzene rings is 3. The van der Waals surface area contributed by atoms with Crippen LogP contribution in [0.3, 0.4) is 0 Å². The number of aliphatic carboxylic acids is 1. The number of carboxylic acid groups (broad SMARTS) is 1. The zero-order valence-corrected chi connectivity index (χ0v) is 21.6. The van der Waals surface area contributed by atoms with Crippen LogP contribution in [0.25, 0.3) is 0 Å². The average molecular weight is 534 g/mol. The summed E-state index contributed by atoms with van der Waals surface area (Å²) in [5.41, 5.74) is 2.29. The number of carbonyl (C=O) groups is 2. The summed E-state index contributed by atoms with van der Waals surface area (Å²) in [5.74, 6) is -0.631. The van der Waals surface area contributed by atoms with Gasteiger partial charge in [-0.25, -0.2) is 0 Å². The first-order valence-corrected chi connectivity index (χ1v) is 12.4. The molecule has 0 radical (unpaired) electrons. The van der Waals surface area contributed by atoms with Crippen LogP contribution in [0.5, 0.6) is 0 Å². The Morgan fingerprint density at radius 2 is 1.54 bits per heavy atom. The first-order valence-electron chi connectivity index (χ1n) is 11.3. The molecule has 0 aromatic heterocycles. The van der Waals surface area contributed by atoms with Gasteiger partial charge in [0.15, 0.2) is 5.78 Å². The van der Waals surface area contributed by atoms with Gasteiger partial charge in [-0.1, -0.05) is 83.7 Å². The lowest BCUT2D eigenvalue weighted by Crippen LogP contribution is -2.49. The number of rotatable bonds is 6. The van der Waals surface area contributed by atoms with E-state index in [1.165, 1.54) is 0 Å². The van der Waals surface area contributed by atoms with Crippen LogP contribution in [0.4, 0.5) is 11.4 Å². The molecule has 0 spiro atoms. The van der Waals surface area contributed by atoms with Crippen molar-refractivity contribution in [2.24, 2.45) is 0 Å². The Balaban J connectivity index is 0.000000198. The number of nitrogens with one attached hydrogen (secondary N) is 2. The number of hydrogen-bond donors (Lipinski definition) is 3. The Morgan fingerprint density at radius 3 is 2.17 bits per heavy atom. The van der Waals surface area contributed by atoms with Crippen LogP contribution >= 0.6 is 34.8 Å². The van der Waals surface area contributed by atoms with Crippen LogP contribution < -0.4 is 10.6 Å². The van der Waals surface area contributed by atoms with Gasteiger partial charge in [0.05, 0.1) is 22.2 Å². The van der Waals surface area contributed by atoms with Crippen LogP contribution in [-0.4, -0.2) is 23.9 Å². The second-order valence-electron chi connectivity index (χ2n) is 8.21. The Hall–Kier alpha value is -2.57. The van der Waals surface area contributed by atoms with Crippen LogP contribution in [0.2, 0.25) is 15.1 Å². The molecular formula is C27H27Cl3N2O3. The molecule has 0 aliphatic heterocycles. The fourth-order valence-corrected chi connectivity index (χ4v) is 5.02. The number of anilines is 2. The molecule has 0 saturated heterocycles. The Labute approximate surface area is 220 Å². The number of hydrogen-bond acceptors (Lipinski definition) is 4. The second-order valence-corrected chi connectivity index (χ2v) is 9.44. The Kier molecular flexibility index (Phi) is 9.58. The molecule has 3 aromatic rings. The number of para-hydroxylation sites is 2. The van der Waals surface area contributed by atoms with E-state index >= 15 is 0 Å².